The van der Waals surface area contributed by atoms with Gasteiger partial charge in [0.05, 0.1) is 59.0 Å². The smallest absolute Gasteiger partial charge is 0.246 e. The SMILES string of the molecule is CC(=O)CCOCCOCCOCCOCCNC(=O)COC1CC[C@@]2(C)C(=CC[C@H]3[C@@H]4CC[C@H]([C@H](C)CCCC(C)C)[C@@]4(C)CC[C@@H]32)C1. The van der Waals surface area contributed by atoms with Gasteiger partial charge in [0, 0.05) is 13.0 Å². The fourth-order valence-corrected chi connectivity index (χ4v) is 10.3. The van der Waals surface area contributed by atoms with E-state index < -0.39 is 0 Å². The summed E-state index contributed by atoms with van der Waals surface area (Å²) in [6.45, 7) is 18.4. The maximum atomic E-state index is 12.5. The molecule has 8 heteroatoms. The highest BCUT2D eigenvalue weighted by atomic mass is 16.6. The van der Waals surface area contributed by atoms with Crippen molar-refractivity contribution in [2.45, 2.75) is 125 Å². The summed E-state index contributed by atoms with van der Waals surface area (Å²) >= 11 is 0. The van der Waals surface area contributed by atoms with Crippen molar-refractivity contribution in [3.05, 3.63) is 11.6 Å². The molecule has 4 rings (SSSR count). The lowest BCUT2D eigenvalue weighted by atomic mass is 9.47. The van der Waals surface area contributed by atoms with Crippen LogP contribution < -0.4 is 5.32 Å². The quantitative estimate of drug-likeness (QED) is 0.0874. The lowest BCUT2D eigenvalue weighted by molar-refractivity contribution is -0.129. The number of hydrogen-bond donors (Lipinski definition) is 1. The van der Waals surface area contributed by atoms with Crippen LogP contribution in [0.2, 0.25) is 0 Å². The minimum atomic E-state index is -0.0749. The van der Waals surface area contributed by atoms with Gasteiger partial charge in [-0.1, -0.05) is 65.5 Å². The summed E-state index contributed by atoms with van der Waals surface area (Å²) in [5.41, 5.74) is 2.44. The number of fused-ring (bicyclic) bond motifs is 5. The van der Waals surface area contributed by atoms with Gasteiger partial charge in [0.2, 0.25) is 5.91 Å². The number of carbonyl (C=O) groups excluding carboxylic acids is 2. The van der Waals surface area contributed by atoms with E-state index in [0.29, 0.717) is 76.7 Å². The predicted molar refractivity (Wildman–Crippen MR) is 194 cm³/mol. The fourth-order valence-electron chi connectivity index (χ4n) is 10.3. The van der Waals surface area contributed by atoms with Crippen molar-refractivity contribution in [2.75, 3.05) is 66.0 Å². The van der Waals surface area contributed by atoms with Crippen LogP contribution in [0.15, 0.2) is 11.6 Å². The number of allylic oxidation sites excluding steroid dienone is 1. The molecule has 1 N–H and O–H groups in total. The second kappa shape index (κ2) is 20.1. The Hall–Kier alpha value is -1.32. The van der Waals surface area contributed by atoms with E-state index in [-0.39, 0.29) is 24.4 Å². The first-order valence-electron chi connectivity index (χ1n) is 19.9. The largest absolute Gasteiger partial charge is 0.379 e. The second-order valence-electron chi connectivity index (χ2n) is 16.7. The number of Topliss-reactive ketones (excluding diaryl/α,β-unsaturated/α-hetero) is 1. The third-order valence-corrected chi connectivity index (χ3v) is 13.0. The molecule has 0 saturated heterocycles. The molecule has 3 saturated carbocycles. The molecule has 0 heterocycles. The summed E-state index contributed by atoms with van der Waals surface area (Å²) in [6, 6.07) is 0. The summed E-state index contributed by atoms with van der Waals surface area (Å²) in [7, 11) is 0. The average Bonchev–Trinajstić information content (AvgIpc) is 3.42. The van der Waals surface area contributed by atoms with E-state index in [4.69, 9.17) is 23.7 Å². The van der Waals surface area contributed by atoms with Crippen molar-refractivity contribution < 1.29 is 33.3 Å². The highest BCUT2D eigenvalue weighted by Gasteiger charge is 2.59. The normalized spacial score (nSPS) is 31.5. The Labute approximate surface area is 298 Å². The highest BCUT2D eigenvalue weighted by Crippen LogP contribution is 2.67. The zero-order valence-electron chi connectivity index (χ0n) is 32.0. The lowest BCUT2D eigenvalue weighted by Gasteiger charge is -2.58. The van der Waals surface area contributed by atoms with Gasteiger partial charge in [0.15, 0.2) is 0 Å². The van der Waals surface area contributed by atoms with Gasteiger partial charge in [0.1, 0.15) is 12.4 Å². The molecule has 0 spiro atoms. The van der Waals surface area contributed by atoms with Crippen LogP contribution in [0.5, 0.6) is 0 Å². The molecule has 3 fully saturated rings. The monoisotopic (exact) mass is 690 g/mol. The molecule has 8 atom stereocenters. The molecule has 4 aliphatic rings. The number of carbonyl (C=O) groups is 2. The van der Waals surface area contributed by atoms with E-state index in [1.165, 1.54) is 57.8 Å². The number of nitrogens with one attached hydrogen (secondary N) is 1. The van der Waals surface area contributed by atoms with Crippen LogP contribution in [0.25, 0.3) is 0 Å². The fraction of sp³-hybridized carbons (Fsp3) is 0.902. The summed E-state index contributed by atoms with van der Waals surface area (Å²) in [5.74, 6) is 5.16. The Morgan fingerprint density at radius 3 is 2.18 bits per heavy atom. The average molecular weight is 690 g/mol. The minimum absolute atomic E-state index is 0.0749. The standard InChI is InChI=1S/C41H71NO7/c1-30(2)8-7-9-31(3)36-12-13-37-35-11-10-33-28-34(14-17-40(33,5)38(35)15-18-41(36,37)6)49-29-39(44)42-19-21-46-23-25-48-27-26-47-24-22-45-20-16-32(4)43/h10,30-31,34-38H,7-9,11-29H2,1-6H3,(H,42,44)/t31-,34?,35+,36-,37+,38+,40+,41-/m1/s1. The molecule has 49 heavy (non-hydrogen) atoms. The Morgan fingerprint density at radius 1 is 0.837 bits per heavy atom. The van der Waals surface area contributed by atoms with Crippen LogP contribution in [0.1, 0.15) is 119 Å². The molecular formula is C41H71NO7. The van der Waals surface area contributed by atoms with Crippen LogP contribution in [0.3, 0.4) is 0 Å². The predicted octanol–water partition coefficient (Wildman–Crippen LogP) is 7.57. The van der Waals surface area contributed by atoms with Crippen LogP contribution >= 0.6 is 0 Å². The van der Waals surface area contributed by atoms with Crippen LogP contribution in [0.4, 0.5) is 0 Å². The Morgan fingerprint density at radius 2 is 1.51 bits per heavy atom. The van der Waals surface area contributed by atoms with Crippen molar-refractivity contribution >= 4 is 11.7 Å². The summed E-state index contributed by atoms with van der Waals surface area (Å²) in [5, 5.41) is 2.93. The van der Waals surface area contributed by atoms with E-state index in [1.54, 1.807) is 12.5 Å². The summed E-state index contributed by atoms with van der Waals surface area (Å²) < 4.78 is 28.0. The molecule has 0 radical (unpaired) electrons. The van der Waals surface area contributed by atoms with Crippen molar-refractivity contribution in [3.8, 4) is 0 Å². The first-order chi connectivity index (χ1) is 23.5. The molecule has 0 bridgehead atoms. The van der Waals surface area contributed by atoms with E-state index in [2.05, 4.69) is 46.0 Å². The van der Waals surface area contributed by atoms with Crippen LogP contribution in [-0.4, -0.2) is 83.8 Å². The molecular weight excluding hydrogens is 618 g/mol. The van der Waals surface area contributed by atoms with Gasteiger partial charge in [-0.2, -0.15) is 0 Å². The van der Waals surface area contributed by atoms with Gasteiger partial charge in [-0.3, -0.25) is 9.59 Å². The van der Waals surface area contributed by atoms with Crippen LogP contribution in [-0.2, 0) is 33.3 Å². The Balaban J connectivity index is 1.07. The van der Waals surface area contributed by atoms with Crippen molar-refractivity contribution in [3.63, 3.8) is 0 Å². The second-order valence-corrected chi connectivity index (χ2v) is 16.7. The molecule has 1 unspecified atom stereocenters. The van der Waals surface area contributed by atoms with Gasteiger partial charge in [-0.05, 0) is 105 Å². The summed E-state index contributed by atoms with van der Waals surface area (Å²) in [6.07, 6.45) is 17.5. The van der Waals surface area contributed by atoms with Crippen molar-refractivity contribution in [2.24, 2.45) is 46.3 Å². The van der Waals surface area contributed by atoms with Gasteiger partial charge in [-0.15, -0.1) is 0 Å². The van der Waals surface area contributed by atoms with Crippen molar-refractivity contribution in [1.29, 1.82) is 0 Å². The topological polar surface area (TPSA) is 92.3 Å². The maximum Gasteiger partial charge on any atom is 0.246 e. The van der Waals surface area contributed by atoms with Gasteiger partial charge in [-0.25, -0.2) is 0 Å². The van der Waals surface area contributed by atoms with Gasteiger partial charge in [0.25, 0.3) is 0 Å². The molecule has 0 aromatic carbocycles. The molecule has 282 valence electrons. The lowest BCUT2D eigenvalue weighted by Crippen LogP contribution is -2.51. The van der Waals surface area contributed by atoms with Gasteiger partial charge < -0.3 is 29.0 Å². The van der Waals surface area contributed by atoms with Crippen molar-refractivity contribution in [1.82, 2.24) is 5.32 Å². The van der Waals surface area contributed by atoms with E-state index in [0.717, 1.165) is 48.3 Å². The number of ether oxygens (including phenoxy) is 5. The number of ketones is 1. The zero-order chi connectivity index (χ0) is 35.3. The maximum absolute atomic E-state index is 12.5. The third-order valence-electron chi connectivity index (χ3n) is 13.0. The molecule has 0 aliphatic heterocycles. The van der Waals surface area contributed by atoms with E-state index in [1.807, 2.05) is 0 Å². The molecule has 0 aromatic rings. The molecule has 8 nitrogen and oxygen atoms in total. The number of hydrogen-bond acceptors (Lipinski definition) is 7. The number of rotatable bonds is 23. The first-order valence-corrected chi connectivity index (χ1v) is 19.9. The molecule has 4 aliphatic carbocycles. The zero-order valence-corrected chi connectivity index (χ0v) is 32.0. The summed E-state index contributed by atoms with van der Waals surface area (Å²) in [4.78, 5) is 23.3. The van der Waals surface area contributed by atoms with E-state index in [9.17, 15) is 9.59 Å². The minimum Gasteiger partial charge on any atom is -0.379 e. The van der Waals surface area contributed by atoms with E-state index >= 15 is 0 Å². The van der Waals surface area contributed by atoms with Gasteiger partial charge >= 0.3 is 0 Å². The first kappa shape index (κ1) is 40.5. The Kier molecular flexibility index (Phi) is 16.6. The molecule has 1 amide bonds. The Bertz CT molecular complexity index is 1050. The van der Waals surface area contributed by atoms with Crippen LogP contribution in [0, 0.1) is 46.3 Å². The number of amides is 1. The highest BCUT2D eigenvalue weighted by molar-refractivity contribution is 5.77. The third kappa shape index (κ3) is 11.6. The molecule has 0 aromatic heterocycles.